The van der Waals surface area contributed by atoms with Gasteiger partial charge in [0.1, 0.15) is 0 Å². The van der Waals surface area contributed by atoms with E-state index in [1.54, 1.807) is 0 Å². The molecule has 9 rings (SSSR count). The number of aromatic nitrogens is 2. The third kappa shape index (κ3) is 3.81. The van der Waals surface area contributed by atoms with Crippen molar-refractivity contribution < 1.29 is 0 Å². The fourth-order valence-electron chi connectivity index (χ4n) is 7.59. The van der Waals surface area contributed by atoms with Gasteiger partial charge >= 0.3 is 0 Å². The zero-order chi connectivity index (χ0) is 29.8. The standard InChI is InChI=1S/C42H30N2Si/c1-4-16-31(17-5-1)45(32-18-6-2-7-19-32,33-20-8-3-9-21-33)41-29-30(28-37-34-22-10-13-25-38(34)43-42(37)41)44-39-26-14-11-23-35(39)36-24-12-15-27-40(36)44/h1-29,43H. The molecule has 0 fully saturated rings. The van der Waals surface area contributed by atoms with Crippen molar-refractivity contribution in [3.63, 3.8) is 0 Å². The number of fused-ring (bicyclic) bond motifs is 6. The van der Waals surface area contributed by atoms with E-state index in [0.717, 1.165) is 5.52 Å². The second-order valence-corrected chi connectivity index (χ2v) is 15.6. The van der Waals surface area contributed by atoms with Gasteiger partial charge in [-0.3, -0.25) is 0 Å². The number of nitrogens with zero attached hydrogens (tertiary/aromatic N) is 1. The second-order valence-electron chi connectivity index (χ2n) is 11.8. The molecule has 212 valence electrons. The van der Waals surface area contributed by atoms with Gasteiger partial charge in [-0.1, -0.05) is 146 Å². The van der Waals surface area contributed by atoms with E-state index >= 15 is 0 Å². The summed E-state index contributed by atoms with van der Waals surface area (Å²) in [5.74, 6) is 0. The quantitative estimate of drug-likeness (QED) is 0.156. The van der Waals surface area contributed by atoms with E-state index in [1.807, 2.05) is 0 Å². The van der Waals surface area contributed by atoms with Crippen LogP contribution in [0.5, 0.6) is 0 Å². The van der Waals surface area contributed by atoms with Gasteiger partial charge in [0, 0.05) is 38.3 Å². The first kappa shape index (κ1) is 25.8. The fraction of sp³-hybridized carbons (Fsp3) is 0. The SMILES string of the molecule is c1ccc([Si](c2ccccc2)(c2ccccc2)c2cc(-n3c4ccccc4c4ccccc43)cc3c2[nH]c2ccccc23)cc1. The van der Waals surface area contributed by atoms with Crippen LogP contribution in [0.15, 0.2) is 176 Å². The third-order valence-electron chi connectivity index (χ3n) is 9.46. The summed E-state index contributed by atoms with van der Waals surface area (Å²) in [4.78, 5) is 3.93. The number of hydrogen-bond acceptors (Lipinski definition) is 0. The van der Waals surface area contributed by atoms with E-state index in [9.17, 15) is 0 Å². The van der Waals surface area contributed by atoms with Gasteiger partial charge in [-0.25, -0.2) is 0 Å². The van der Waals surface area contributed by atoms with Crippen molar-refractivity contribution in [2.24, 2.45) is 0 Å². The Balaban J connectivity index is 1.52. The summed E-state index contributed by atoms with van der Waals surface area (Å²) in [5.41, 5.74) is 5.99. The molecule has 45 heavy (non-hydrogen) atoms. The van der Waals surface area contributed by atoms with E-state index in [-0.39, 0.29) is 0 Å². The molecule has 2 nitrogen and oxygen atoms in total. The number of aromatic amines is 1. The Morgan fingerprint density at radius 2 is 0.844 bits per heavy atom. The maximum Gasteiger partial charge on any atom is 0.181 e. The summed E-state index contributed by atoms with van der Waals surface area (Å²) in [6.45, 7) is 0. The lowest BCUT2D eigenvalue weighted by Gasteiger charge is -2.35. The topological polar surface area (TPSA) is 20.7 Å². The predicted molar refractivity (Wildman–Crippen MR) is 194 cm³/mol. The van der Waals surface area contributed by atoms with Gasteiger partial charge in [0.2, 0.25) is 0 Å². The molecule has 0 atom stereocenters. The molecule has 3 heteroatoms. The summed E-state index contributed by atoms with van der Waals surface area (Å²) in [5, 5.41) is 10.5. The number of H-pyrrole nitrogens is 1. The lowest BCUT2D eigenvalue weighted by atomic mass is 10.1. The molecular formula is C42H30N2Si. The van der Waals surface area contributed by atoms with Crippen LogP contribution in [0.3, 0.4) is 0 Å². The van der Waals surface area contributed by atoms with E-state index in [4.69, 9.17) is 0 Å². The Hall–Kier alpha value is -5.64. The summed E-state index contributed by atoms with van der Waals surface area (Å²) in [6.07, 6.45) is 0. The van der Waals surface area contributed by atoms with Gasteiger partial charge in [-0.2, -0.15) is 0 Å². The molecule has 1 N–H and O–H groups in total. The zero-order valence-corrected chi connectivity index (χ0v) is 25.7. The molecule has 0 spiro atoms. The predicted octanol–water partition coefficient (Wildman–Crippen LogP) is 7.80. The van der Waals surface area contributed by atoms with Crippen LogP contribution >= 0.6 is 0 Å². The molecule has 7 aromatic carbocycles. The maximum absolute atomic E-state index is 3.93. The lowest BCUT2D eigenvalue weighted by molar-refractivity contribution is 1.19. The first-order valence-electron chi connectivity index (χ1n) is 15.5. The molecular weight excluding hydrogens is 561 g/mol. The number of nitrogens with one attached hydrogen (secondary N) is 1. The van der Waals surface area contributed by atoms with Crippen LogP contribution in [0.25, 0.3) is 49.3 Å². The molecule has 0 saturated heterocycles. The van der Waals surface area contributed by atoms with Crippen LogP contribution in [0.4, 0.5) is 0 Å². The smallest absolute Gasteiger partial charge is 0.181 e. The number of benzene rings is 7. The minimum atomic E-state index is -2.85. The van der Waals surface area contributed by atoms with Crippen LogP contribution in [-0.4, -0.2) is 17.6 Å². The van der Waals surface area contributed by atoms with Crippen LogP contribution in [0.2, 0.25) is 0 Å². The van der Waals surface area contributed by atoms with Crippen LogP contribution in [0, 0.1) is 0 Å². The number of para-hydroxylation sites is 3. The fourth-order valence-corrected chi connectivity index (χ4v) is 12.5. The highest BCUT2D eigenvalue weighted by atomic mass is 28.3. The summed E-state index contributed by atoms with van der Waals surface area (Å²) in [7, 11) is -2.85. The molecule has 0 aliphatic heterocycles. The van der Waals surface area contributed by atoms with Crippen LogP contribution < -0.4 is 20.7 Å². The molecule has 0 saturated carbocycles. The molecule has 0 unspecified atom stereocenters. The van der Waals surface area contributed by atoms with Crippen molar-refractivity contribution in [3.8, 4) is 5.69 Å². The molecule has 2 heterocycles. The number of hydrogen-bond donors (Lipinski definition) is 1. The highest BCUT2D eigenvalue weighted by molar-refractivity contribution is 7.20. The average Bonchev–Trinajstić information content (AvgIpc) is 3.66. The van der Waals surface area contributed by atoms with Crippen molar-refractivity contribution >= 4 is 72.4 Å². The van der Waals surface area contributed by atoms with E-state index in [1.165, 1.54) is 64.5 Å². The molecule has 0 aliphatic carbocycles. The first-order valence-corrected chi connectivity index (χ1v) is 17.5. The van der Waals surface area contributed by atoms with Crippen molar-refractivity contribution in [2.75, 3.05) is 0 Å². The molecule has 0 amide bonds. The van der Waals surface area contributed by atoms with Gasteiger partial charge in [0.05, 0.1) is 11.0 Å². The van der Waals surface area contributed by atoms with Crippen molar-refractivity contribution in [3.05, 3.63) is 176 Å². The largest absolute Gasteiger partial charge is 0.355 e. The van der Waals surface area contributed by atoms with Crippen molar-refractivity contribution in [2.45, 2.75) is 0 Å². The Morgan fingerprint density at radius 3 is 1.38 bits per heavy atom. The Labute approximate surface area is 262 Å². The van der Waals surface area contributed by atoms with Gasteiger partial charge in [0.25, 0.3) is 0 Å². The summed E-state index contributed by atoms with van der Waals surface area (Å²) in [6, 6.07) is 64.8. The molecule has 0 aliphatic rings. The third-order valence-corrected chi connectivity index (χ3v) is 14.3. The summed E-state index contributed by atoms with van der Waals surface area (Å²) >= 11 is 0. The van der Waals surface area contributed by atoms with E-state index in [0.29, 0.717) is 0 Å². The minimum absolute atomic E-state index is 1.16. The molecule has 9 aromatic rings. The molecule has 0 bridgehead atoms. The van der Waals surface area contributed by atoms with Crippen molar-refractivity contribution in [1.29, 1.82) is 0 Å². The normalized spacial score (nSPS) is 12.0. The van der Waals surface area contributed by atoms with E-state index in [2.05, 4.69) is 185 Å². The van der Waals surface area contributed by atoms with E-state index < -0.39 is 8.07 Å². The highest BCUT2D eigenvalue weighted by Crippen LogP contribution is 2.34. The monoisotopic (exact) mass is 590 g/mol. The second kappa shape index (κ2) is 10.2. The molecule has 0 radical (unpaired) electrons. The van der Waals surface area contributed by atoms with Gasteiger partial charge in [0.15, 0.2) is 8.07 Å². The Bertz CT molecular complexity index is 2320. The van der Waals surface area contributed by atoms with Gasteiger partial charge in [-0.05, 0) is 51.1 Å². The highest BCUT2D eigenvalue weighted by Gasteiger charge is 2.43. The molecule has 2 aromatic heterocycles. The van der Waals surface area contributed by atoms with Gasteiger partial charge in [-0.15, -0.1) is 0 Å². The average molecular weight is 591 g/mol. The van der Waals surface area contributed by atoms with Crippen LogP contribution in [0.1, 0.15) is 0 Å². The van der Waals surface area contributed by atoms with Crippen molar-refractivity contribution in [1.82, 2.24) is 9.55 Å². The Kier molecular flexibility index (Phi) is 5.87. The van der Waals surface area contributed by atoms with Crippen LogP contribution in [-0.2, 0) is 0 Å². The lowest BCUT2D eigenvalue weighted by Crippen LogP contribution is -2.75. The zero-order valence-electron chi connectivity index (χ0n) is 24.7. The first-order chi connectivity index (χ1) is 22.3. The van der Waals surface area contributed by atoms with Gasteiger partial charge < -0.3 is 9.55 Å². The number of rotatable bonds is 5. The maximum atomic E-state index is 3.93. The minimum Gasteiger partial charge on any atom is -0.355 e. The Morgan fingerprint density at radius 1 is 0.400 bits per heavy atom. The summed E-state index contributed by atoms with van der Waals surface area (Å²) < 4.78 is 2.47.